The molecule has 0 radical (unpaired) electrons. The maximum atomic E-state index is 12.6. The van der Waals surface area contributed by atoms with E-state index in [1.807, 2.05) is 0 Å². The molecule has 0 bridgehead atoms. The van der Waals surface area contributed by atoms with E-state index in [9.17, 15) is 4.79 Å². The van der Waals surface area contributed by atoms with Crippen molar-refractivity contribution in [2.24, 2.45) is 23.7 Å². The van der Waals surface area contributed by atoms with Crippen molar-refractivity contribution in [2.75, 3.05) is 20.6 Å². The first-order chi connectivity index (χ1) is 23.5. The van der Waals surface area contributed by atoms with Gasteiger partial charge in [0, 0.05) is 6.42 Å². The lowest BCUT2D eigenvalue weighted by Crippen LogP contribution is -2.20. The molecule has 0 aromatic carbocycles. The van der Waals surface area contributed by atoms with E-state index in [0.717, 1.165) is 49.5 Å². The highest BCUT2D eigenvalue weighted by Gasteiger charge is 2.35. The topological polar surface area (TPSA) is 29.5 Å². The number of esters is 1. The summed E-state index contributed by atoms with van der Waals surface area (Å²) in [6, 6.07) is 0. The van der Waals surface area contributed by atoms with Crippen molar-refractivity contribution >= 4 is 5.97 Å². The second kappa shape index (κ2) is 30.1. The van der Waals surface area contributed by atoms with Crippen LogP contribution in [-0.2, 0) is 9.53 Å². The minimum Gasteiger partial charge on any atom is -0.462 e. The standard InChI is InChI=1S/C45H87NO2/c1-5-7-9-11-17-23-30-40-38-42(40)32-25-19-13-15-21-27-34-44(48-45(47)36-29-37-46(3)4)35-28-22-16-14-20-26-33-43-39-41(43)31-24-18-12-10-8-6-2/h40-44H,5-39H2,1-4H3. The molecule has 0 amide bonds. The largest absolute Gasteiger partial charge is 0.462 e. The molecule has 3 heteroatoms. The van der Waals surface area contributed by atoms with Gasteiger partial charge >= 0.3 is 5.97 Å². The number of carbonyl (C=O) groups is 1. The lowest BCUT2D eigenvalue weighted by Gasteiger charge is -2.18. The zero-order valence-corrected chi connectivity index (χ0v) is 33.4. The van der Waals surface area contributed by atoms with E-state index in [-0.39, 0.29) is 12.1 Å². The monoisotopic (exact) mass is 674 g/mol. The van der Waals surface area contributed by atoms with E-state index in [1.54, 1.807) is 0 Å². The molecule has 48 heavy (non-hydrogen) atoms. The van der Waals surface area contributed by atoms with Crippen LogP contribution in [0, 0.1) is 23.7 Å². The number of unbranched alkanes of at least 4 members (excludes halogenated alkanes) is 20. The van der Waals surface area contributed by atoms with E-state index < -0.39 is 0 Å². The normalized spacial score (nSPS) is 20.8. The maximum absolute atomic E-state index is 12.6. The van der Waals surface area contributed by atoms with Gasteiger partial charge in [0.2, 0.25) is 0 Å². The Hall–Kier alpha value is -0.570. The number of nitrogens with zero attached hydrogens (tertiary/aromatic N) is 1. The fraction of sp³-hybridized carbons (Fsp3) is 0.978. The molecular weight excluding hydrogens is 587 g/mol. The van der Waals surface area contributed by atoms with Crippen LogP contribution in [0.15, 0.2) is 0 Å². The summed E-state index contributed by atoms with van der Waals surface area (Å²) in [5, 5.41) is 0. The van der Waals surface area contributed by atoms with Gasteiger partial charge in [0.25, 0.3) is 0 Å². The van der Waals surface area contributed by atoms with Gasteiger partial charge in [-0.05, 0) is 89.3 Å². The Bertz CT molecular complexity index is 676. The molecule has 2 rings (SSSR count). The summed E-state index contributed by atoms with van der Waals surface area (Å²) < 4.78 is 6.06. The van der Waals surface area contributed by atoms with Gasteiger partial charge in [-0.3, -0.25) is 4.79 Å². The summed E-state index contributed by atoms with van der Waals surface area (Å²) in [5.41, 5.74) is 0. The van der Waals surface area contributed by atoms with Crippen LogP contribution in [0.5, 0.6) is 0 Å². The second-order valence-electron chi connectivity index (χ2n) is 17.0. The molecular formula is C45H87NO2. The molecule has 3 nitrogen and oxygen atoms in total. The maximum Gasteiger partial charge on any atom is 0.306 e. The predicted molar refractivity (Wildman–Crippen MR) is 211 cm³/mol. The first-order valence-corrected chi connectivity index (χ1v) is 22.4. The third-order valence-corrected chi connectivity index (χ3v) is 12.0. The molecule has 4 atom stereocenters. The molecule has 0 N–H and O–H groups in total. The minimum atomic E-state index is 0.0339. The minimum absolute atomic E-state index is 0.0339. The van der Waals surface area contributed by atoms with E-state index in [4.69, 9.17) is 4.74 Å². The molecule has 2 fully saturated rings. The average molecular weight is 674 g/mol. The van der Waals surface area contributed by atoms with Gasteiger partial charge < -0.3 is 9.64 Å². The van der Waals surface area contributed by atoms with Crippen molar-refractivity contribution in [1.82, 2.24) is 4.90 Å². The number of hydrogen-bond donors (Lipinski definition) is 0. The summed E-state index contributed by atoms with van der Waals surface area (Å²) in [6.45, 7) is 5.58. The Morgan fingerprint density at radius 2 is 0.833 bits per heavy atom. The van der Waals surface area contributed by atoms with Crippen molar-refractivity contribution in [2.45, 2.75) is 238 Å². The molecule has 0 aromatic heterocycles. The number of carbonyl (C=O) groups excluding carboxylic acids is 1. The van der Waals surface area contributed by atoms with Crippen LogP contribution < -0.4 is 0 Å². The lowest BCUT2D eigenvalue weighted by atomic mass is 10.0. The molecule has 0 spiro atoms. The highest BCUT2D eigenvalue weighted by molar-refractivity contribution is 5.69. The summed E-state index contributed by atoms with van der Waals surface area (Å²) in [5.74, 6) is 4.34. The first kappa shape index (κ1) is 43.6. The molecule has 0 aliphatic heterocycles. The molecule has 2 aliphatic carbocycles. The Labute approximate surface area is 302 Å². The summed E-state index contributed by atoms with van der Waals surface area (Å²) in [4.78, 5) is 14.8. The Morgan fingerprint density at radius 3 is 1.19 bits per heavy atom. The average Bonchev–Trinajstić information content (AvgIpc) is 3.99. The zero-order chi connectivity index (χ0) is 34.5. The van der Waals surface area contributed by atoms with Crippen LogP contribution >= 0.6 is 0 Å². The van der Waals surface area contributed by atoms with Gasteiger partial charge in [0.1, 0.15) is 6.10 Å². The third kappa shape index (κ3) is 25.4. The molecule has 284 valence electrons. The first-order valence-electron chi connectivity index (χ1n) is 22.4. The van der Waals surface area contributed by atoms with Gasteiger partial charge in [-0.2, -0.15) is 0 Å². The zero-order valence-electron chi connectivity index (χ0n) is 33.4. The van der Waals surface area contributed by atoms with Crippen LogP contribution in [-0.4, -0.2) is 37.6 Å². The van der Waals surface area contributed by atoms with Crippen molar-refractivity contribution < 1.29 is 9.53 Å². The van der Waals surface area contributed by atoms with Crippen LogP contribution in [0.25, 0.3) is 0 Å². The van der Waals surface area contributed by atoms with E-state index in [1.165, 1.54) is 193 Å². The van der Waals surface area contributed by atoms with Gasteiger partial charge in [0.15, 0.2) is 0 Å². The van der Waals surface area contributed by atoms with E-state index in [2.05, 4.69) is 32.8 Å². The van der Waals surface area contributed by atoms with Crippen LogP contribution in [0.2, 0.25) is 0 Å². The fourth-order valence-corrected chi connectivity index (χ4v) is 8.43. The van der Waals surface area contributed by atoms with Crippen molar-refractivity contribution in [1.29, 1.82) is 0 Å². The highest BCUT2D eigenvalue weighted by Crippen LogP contribution is 2.46. The van der Waals surface area contributed by atoms with Crippen LogP contribution in [0.4, 0.5) is 0 Å². The van der Waals surface area contributed by atoms with Crippen LogP contribution in [0.1, 0.15) is 232 Å². The van der Waals surface area contributed by atoms with Crippen molar-refractivity contribution in [3.8, 4) is 0 Å². The van der Waals surface area contributed by atoms with E-state index >= 15 is 0 Å². The molecule has 2 saturated carbocycles. The summed E-state index contributed by atoms with van der Waals surface area (Å²) in [7, 11) is 4.15. The second-order valence-corrected chi connectivity index (χ2v) is 17.0. The predicted octanol–water partition coefficient (Wildman–Crippen LogP) is 14.3. The van der Waals surface area contributed by atoms with Gasteiger partial charge in [0.05, 0.1) is 0 Å². The molecule has 0 saturated heterocycles. The molecule has 4 unspecified atom stereocenters. The lowest BCUT2D eigenvalue weighted by molar-refractivity contribution is -0.150. The van der Waals surface area contributed by atoms with Crippen molar-refractivity contribution in [3.05, 3.63) is 0 Å². The van der Waals surface area contributed by atoms with Crippen LogP contribution in [0.3, 0.4) is 0 Å². The quantitative estimate of drug-likeness (QED) is 0.0485. The third-order valence-electron chi connectivity index (χ3n) is 12.0. The number of rotatable bonds is 37. The Morgan fingerprint density at radius 1 is 0.500 bits per heavy atom. The fourth-order valence-electron chi connectivity index (χ4n) is 8.43. The van der Waals surface area contributed by atoms with E-state index in [0.29, 0.717) is 6.42 Å². The number of hydrogen-bond acceptors (Lipinski definition) is 3. The number of ether oxygens (including phenoxy) is 1. The highest BCUT2D eigenvalue weighted by atomic mass is 16.5. The summed E-state index contributed by atoms with van der Waals surface area (Å²) in [6.07, 6.45) is 46.4. The molecule has 2 aliphatic rings. The molecule has 0 heterocycles. The van der Waals surface area contributed by atoms with Crippen molar-refractivity contribution in [3.63, 3.8) is 0 Å². The van der Waals surface area contributed by atoms with Gasteiger partial charge in [-0.15, -0.1) is 0 Å². The van der Waals surface area contributed by atoms with Gasteiger partial charge in [-0.25, -0.2) is 0 Å². The smallest absolute Gasteiger partial charge is 0.306 e. The Balaban J connectivity index is 1.45. The Kier molecular flexibility index (Phi) is 27.3. The van der Waals surface area contributed by atoms with Gasteiger partial charge in [-0.1, -0.05) is 181 Å². The SMILES string of the molecule is CCCCCCCCC1CC1CCCCCCCCC(CCCCCCCCC1CC1CCCCCCCC)OC(=O)CCCN(C)C. The molecule has 0 aromatic rings. The summed E-state index contributed by atoms with van der Waals surface area (Å²) >= 11 is 0.